The van der Waals surface area contributed by atoms with E-state index in [9.17, 15) is 10.1 Å². The minimum absolute atomic E-state index is 0.0404. The Morgan fingerprint density at radius 3 is 2.47 bits per heavy atom. The lowest BCUT2D eigenvalue weighted by atomic mass is 10.1. The topological polar surface area (TPSA) is 62.1 Å². The average Bonchev–Trinajstić information content (AvgIpc) is 2.78. The number of ether oxygens (including phenoxy) is 1. The number of carbonyl (C=O) groups excluding carboxylic acids is 1. The molecule has 0 saturated carbocycles. The molecule has 5 heteroatoms. The molecule has 0 spiro atoms. The highest BCUT2D eigenvalue weighted by atomic mass is 35.5. The summed E-state index contributed by atoms with van der Waals surface area (Å²) in [5.41, 5.74) is 3.33. The van der Waals surface area contributed by atoms with Crippen LogP contribution in [0.2, 0.25) is 5.02 Å². The van der Waals surface area contributed by atoms with E-state index in [1.807, 2.05) is 60.7 Å². The maximum atomic E-state index is 12.6. The number of nitrogens with one attached hydrogen (secondary N) is 1. The van der Waals surface area contributed by atoms with E-state index in [2.05, 4.69) is 12.2 Å². The highest BCUT2D eigenvalue weighted by Gasteiger charge is 2.12. The van der Waals surface area contributed by atoms with E-state index in [0.29, 0.717) is 28.6 Å². The van der Waals surface area contributed by atoms with Gasteiger partial charge in [-0.05, 0) is 54.0 Å². The van der Waals surface area contributed by atoms with Gasteiger partial charge >= 0.3 is 0 Å². The van der Waals surface area contributed by atoms with Gasteiger partial charge in [-0.15, -0.1) is 0 Å². The van der Waals surface area contributed by atoms with Crippen LogP contribution >= 0.6 is 11.6 Å². The molecule has 0 aliphatic heterocycles. The van der Waals surface area contributed by atoms with Crippen molar-refractivity contribution in [2.24, 2.45) is 0 Å². The lowest BCUT2D eigenvalue weighted by molar-refractivity contribution is -0.112. The second-order valence-electron chi connectivity index (χ2n) is 6.63. The fraction of sp³-hybridized carbons (Fsp3) is 0.120. The molecule has 0 aromatic heterocycles. The fourth-order valence-corrected chi connectivity index (χ4v) is 3.01. The van der Waals surface area contributed by atoms with Gasteiger partial charge in [0.1, 0.15) is 24.0 Å². The largest absolute Gasteiger partial charge is 0.488 e. The van der Waals surface area contributed by atoms with Gasteiger partial charge in [0.2, 0.25) is 0 Å². The van der Waals surface area contributed by atoms with E-state index >= 15 is 0 Å². The summed E-state index contributed by atoms with van der Waals surface area (Å²) in [4.78, 5) is 12.6. The first-order valence-electron chi connectivity index (χ1n) is 9.57. The van der Waals surface area contributed by atoms with Crippen molar-refractivity contribution in [3.05, 3.63) is 100 Å². The SMILES string of the molecule is CCc1ccc(NC(=O)/C(C#N)=C/c2cc(Cl)ccc2OCc2ccccc2)cc1. The molecule has 0 aliphatic rings. The molecule has 0 aliphatic carbocycles. The van der Waals surface area contributed by atoms with Gasteiger partial charge in [-0.25, -0.2) is 0 Å². The Hall–Kier alpha value is -3.55. The van der Waals surface area contributed by atoms with Crippen molar-refractivity contribution in [2.75, 3.05) is 5.32 Å². The number of halogens is 1. The fourth-order valence-electron chi connectivity index (χ4n) is 2.83. The molecule has 150 valence electrons. The zero-order valence-corrected chi connectivity index (χ0v) is 17.3. The molecule has 0 radical (unpaired) electrons. The molecule has 3 aromatic carbocycles. The van der Waals surface area contributed by atoms with Gasteiger partial charge in [0.15, 0.2) is 0 Å². The van der Waals surface area contributed by atoms with Gasteiger partial charge in [-0.3, -0.25) is 4.79 Å². The van der Waals surface area contributed by atoms with Gasteiger partial charge in [-0.2, -0.15) is 5.26 Å². The van der Waals surface area contributed by atoms with Crippen molar-refractivity contribution >= 4 is 29.3 Å². The number of nitriles is 1. The van der Waals surface area contributed by atoms with Crippen molar-refractivity contribution in [1.29, 1.82) is 5.26 Å². The van der Waals surface area contributed by atoms with Gasteiger partial charge < -0.3 is 10.1 Å². The van der Waals surface area contributed by atoms with Gasteiger partial charge in [0, 0.05) is 16.3 Å². The normalized spacial score (nSPS) is 10.9. The van der Waals surface area contributed by atoms with Crippen LogP contribution in [0.1, 0.15) is 23.6 Å². The van der Waals surface area contributed by atoms with Crippen molar-refractivity contribution in [3.63, 3.8) is 0 Å². The molecule has 1 N–H and O–H groups in total. The first kappa shape index (κ1) is 21.2. The molecule has 1 amide bonds. The summed E-state index contributed by atoms with van der Waals surface area (Å²) >= 11 is 6.13. The minimum atomic E-state index is -0.490. The summed E-state index contributed by atoms with van der Waals surface area (Å²) in [5, 5.41) is 12.8. The standard InChI is InChI=1S/C25H21ClN2O2/c1-2-18-8-11-23(12-9-18)28-25(29)21(16-27)14-20-15-22(26)10-13-24(20)30-17-19-6-4-3-5-7-19/h3-15H,2,17H2,1H3,(H,28,29)/b21-14+. The Morgan fingerprint density at radius 2 is 1.80 bits per heavy atom. The Bertz CT molecular complexity index is 1080. The summed E-state index contributed by atoms with van der Waals surface area (Å²) in [6, 6.07) is 24.3. The van der Waals surface area contributed by atoms with Crippen LogP contribution in [0.4, 0.5) is 5.69 Å². The number of rotatable bonds is 7. The average molecular weight is 417 g/mol. The Labute approximate surface area is 181 Å². The molecule has 0 atom stereocenters. The molecular formula is C25H21ClN2O2. The second-order valence-corrected chi connectivity index (χ2v) is 7.07. The van der Waals surface area contributed by atoms with Crippen molar-refractivity contribution in [1.82, 2.24) is 0 Å². The highest BCUT2D eigenvalue weighted by molar-refractivity contribution is 6.30. The monoisotopic (exact) mass is 416 g/mol. The number of aryl methyl sites for hydroxylation is 1. The number of anilines is 1. The van der Waals surface area contributed by atoms with Gasteiger partial charge in [0.05, 0.1) is 0 Å². The first-order chi connectivity index (χ1) is 14.6. The van der Waals surface area contributed by atoms with Crippen molar-refractivity contribution in [2.45, 2.75) is 20.0 Å². The molecule has 3 aromatic rings. The zero-order valence-electron chi connectivity index (χ0n) is 16.6. The van der Waals surface area contributed by atoms with Gasteiger partial charge in [0.25, 0.3) is 5.91 Å². The van der Waals surface area contributed by atoms with Crippen LogP contribution in [-0.4, -0.2) is 5.91 Å². The Morgan fingerprint density at radius 1 is 1.07 bits per heavy atom. The van der Waals surface area contributed by atoms with Crippen LogP contribution in [0.3, 0.4) is 0 Å². The minimum Gasteiger partial charge on any atom is -0.488 e. The smallest absolute Gasteiger partial charge is 0.266 e. The van der Waals surface area contributed by atoms with Crippen molar-refractivity contribution in [3.8, 4) is 11.8 Å². The number of hydrogen-bond acceptors (Lipinski definition) is 3. The molecule has 4 nitrogen and oxygen atoms in total. The molecule has 0 heterocycles. The molecule has 0 saturated heterocycles. The van der Waals surface area contributed by atoms with E-state index in [0.717, 1.165) is 12.0 Å². The molecule has 3 rings (SSSR count). The first-order valence-corrected chi connectivity index (χ1v) is 9.95. The third-order valence-electron chi connectivity index (χ3n) is 4.49. The van der Waals surface area contributed by atoms with Gasteiger partial charge in [-0.1, -0.05) is 61.0 Å². The van der Waals surface area contributed by atoms with Crippen LogP contribution in [0.25, 0.3) is 6.08 Å². The Balaban J connectivity index is 1.80. The maximum absolute atomic E-state index is 12.6. The molecule has 30 heavy (non-hydrogen) atoms. The van der Waals surface area contributed by atoms with Crippen LogP contribution in [0.5, 0.6) is 5.75 Å². The second kappa shape index (κ2) is 10.3. The van der Waals surface area contributed by atoms with Crippen LogP contribution < -0.4 is 10.1 Å². The number of amides is 1. The summed E-state index contributed by atoms with van der Waals surface area (Å²) in [5.74, 6) is 0.0480. The summed E-state index contributed by atoms with van der Waals surface area (Å²) < 4.78 is 5.90. The molecule has 0 fully saturated rings. The Kier molecular flexibility index (Phi) is 7.26. The third-order valence-corrected chi connectivity index (χ3v) is 4.73. The summed E-state index contributed by atoms with van der Waals surface area (Å²) in [7, 11) is 0. The van der Waals surface area contributed by atoms with E-state index in [1.54, 1.807) is 18.2 Å². The van der Waals surface area contributed by atoms with E-state index in [1.165, 1.54) is 11.6 Å². The van der Waals surface area contributed by atoms with E-state index in [-0.39, 0.29) is 5.57 Å². The molecular weight excluding hydrogens is 396 g/mol. The predicted molar refractivity (Wildman–Crippen MR) is 120 cm³/mol. The van der Waals surface area contributed by atoms with E-state index in [4.69, 9.17) is 16.3 Å². The third kappa shape index (κ3) is 5.73. The summed E-state index contributed by atoms with van der Waals surface area (Å²) in [6.45, 7) is 2.42. The zero-order chi connectivity index (χ0) is 21.3. The summed E-state index contributed by atoms with van der Waals surface area (Å²) in [6.07, 6.45) is 2.40. The lowest BCUT2D eigenvalue weighted by Crippen LogP contribution is -2.13. The number of benzene rings is 3. The quantitative estimate of drug-likeness (QED) is 0.378. The highest BCUT2D eigenvalue weighted by Crippen LogP contribution is 2.26. The lowest BCUT2D eigenvalue weighted by Gasteiger charge is -2.11. The number of nitrogens with zero attached hydrogens (tertiary/aromatic N) is 1. The predicted octanol–water partition coefficient (Wildman–Crippen LogP) is 6.03. The van der Waals surface area contributed by atoms with Crippen molar-refractivity contribution < 1.29 is 9.53 Å². The number of hydrogen-bond donors (Lipinski definition) is 1. The van der Waals surface area contributed by atoms with Crippen LogP contribution in [0, 0.1) is 11.3 Å². The maximum Gasteiger partial charge on any atom is 0.266 e. The van der Waals surface area contributed by atoms with Crippen LogP contribution in [0.15, 0.2) is 78.4 Å². The molecule has 0 unspecified atom stereocenters. The van der Waals surface area contributed by atoms with Crippen LogP contribution in [-0.2, 0) is 17.8 Å². The molecule has 0 bridgehead atoms. The van der Waals surface area contributed by atoms with E-state index < -0.39 is 5.91 Å². The number of carbonyl (C=O) groups is 1.